The van der Waals surface area contributed by atoms with Crippen LogP contribution in [0.5, 0.6) is 0 Å². The van der Waals surface area contributed by atoms with Gasteiger partial charge < -0.3 is 14.9 Å². The fraction of sp³-hybridized carbons (Fsp3) is 0.579. The van der Waals surface area contributed by atoms with E-state index in [-0.39, 0.29) is 23.8 Å². The number of carbonyl (C=O) groups excluding carboxylic acids is 2. The van der Waals surface area contributed by atoms with E-state index in [4.69, 9.17) is 5.11 Å². The Bertz CT molecular complexity index is 580. The Hall–Kier alpha value is -1.88. The Balaban J connectivity index is 1.59. The van der Waals surface area contributed by atoms with Gasteiger partial charge in [0.2, 0.25) is 5.91 Å². The number of piperidine rings is 2. The van der Waals surface area contributed by atoms with Gasteiger partial charge in [0.05, 0.1) is 0 Å². The van der Waals surface area contributed by atoms with E-state index >= 15 is 0 Å². The van der Waals surface area contributed by atoms with Gasteiger partial charge in [-0.3, -0.25) is 9.59 Å². The van der Waals surface area contributed by atoms with E-state index in [1.54, 1.807) is 0 Å². The van der Waals surface area contributed by atoms with Crippen LogP contribution in [0.25, 0.3) is 0 Å². The first-order chi connectivity index (χ1) is 11.6. The van der Waals surface area contributed by atoms with Crippen LogP contribution in [0.3, 0.4) is 0 Å². The summed E-state index contributed by atoms with van der Waals surface area (Å²) in [4.78, 5) is 28.5. The van der Waals surface area contributed by atoms with Gasteiger partial charge in [0.1, 0.15) is 0 Å². The summed E-state index contributed by atoms with van der Waals surface area (Å²) in [5, 5.41) is 9.01. The molecule has 0 bridgehead atoms. The predicted molar refractivity (Wildman–Crippen MR) is 91.5 cm³/mol. The molecule has 2 amide bonds. The maximum atomic E-state index is 12.6. The minimum atomic E-state index is 0.106. The number of carbonyl (C=O) groups is 2. The second kappa shape index (κ2) is 7.34. The topological polar surface area (TPSA) is 60.9 Å². The van der Waals surface area contributed by atoms with Crippen LogP contribution in [0.2, 0.25) is 0 Å². The Morgan fingerprint density at radius 2 is 1.83 bits per heavy atom. The van der Waals surface area contributed by atoms with Crippen molar-refractivity contribution in [2.75, 3.05) is 32.8 Å². The fourth-order valence-electron chi connectivity index (χ4n) is 3.92. The lowest BCUT2D eigenvalue weighted by Crippen LogP contribution is -2.52. The predicted octanol–water partition coefficient (Wildman–Crippen LogP) is 1.91. The van der Waals surface area contributed by atoms with E-state index in [9.17, 15) is 9.59 Å². The number of nitrogens with zero attached hydrogens (tertiary/aromatic N) is 2. The number of likely N-dealkylation sites (tertiary alicyclic amines) is 2. The maximum Gasteiger partial charge on any atom is 0.253 e. The second-order valence-corrected chi connectivity index (χ2v) is 7.05. The van der Waals surface area contributed by atoms with Crippen LogP contribution in [-0.2, 0) is 4.79 Å². The quantitative estimate of drug-likeness (QED) is 0.917. The first-order valence-electron chi connectivity index (χ1n) is 8.87. The number of aliphatic hydroxyl groups excluding tert-OH is 1. The van der Waals surface area contributed by atoms with Gasteiger partial charge in [-0.2, -0.15) is 0 Å². The molecule has 0 unspecified atom stereocenters. The van der Waals surface area contributed by atoms with Crippen molar-refractivity contribution in [3.05, 3.63) is 35.9 Å². The first kappa shape index (κ1) is 17.0. The monoisotopic (exact) mass is 330 g/mol. The smallest absolute Gasteiger partial charge is 0.253 e. The molecule has 2 saturated heterocycles. The van der Waals surface area contributed by atoms with Gasteiger partial charge in [0.15, 0.2) is 0 Å². The molecule has 5 nitrogen and oxygen atoms in total. The zero-order valence-corrected chi connectivity index (χ0v) is 14.1. The molecule has 24 heavy (non-hydrogen) atoms. The van der Waals surface area contributed by atoms with Crippen LogP contribution in [0.4, 0.5) is 0 Å². The minimum absolute atomic E-state index is 0.106. The highest BCUT2D eigenvalue weighted by Gasteiger charge is 2.41. The summed E-state index contributed by atoms with van der Waals surface area (Å²) < 4.78 is 0. The third-order valence-electron chi connectivity index (χ3n) is 5.47. The molecule has 2 aliphatic heterocycles. The Kier molecular flexibility index (Phi) is 5.19. The molecule has 5 heteroatoms. The number of hydrogen-bond acceptors (Lipinski definition) is 3. The average molecular weight is 330 g/mol. The summed E-state index contributed by atoms with van der Waals surface area (Å²) in [6, 6.07) is 9.43. The van der Waals surface area contributed by atoms with Crippen molar-refractivity contribution in [1.82, 2.24) is 9.80 Å². The fourth-order valence-corrected chi connectivity index (χ4v) is 3.92. The zero-order chi connectivity index (χ0) is 17.0. The Labute approximate surface area is 143 Å². The minimum Gasteiger partial charge on any atom is -0.396 e. The van der Waals surface area contributed by atoms with E-state index in [2.05, 4.69) is 0 Å². The molecule has 0 aliphatic carbocycles. The summed E-state index contributed by atoms with van der Waals surface area (Å²) in [7, 11) is 0. The summed E-state index contributed by atoms with van der Waals surface area (Å²) in [6.07, 6.45) is 4.07. The lowest BCUT2D eigenvalue weighted by molar-refractivity contribution is -0.139. The number of aliphatic hydroxyl groups is 1. The molecule has 0 radical (unpaired) electrons. The van der Waals surface area contributed by atoms with Crippen LogP contribution < -0.4 is 0 Å². The molecule has 1 spiro atoms. The second-order valence-electron chi connectivity index (χ2n) is 7.05. The summed E-state index contributed by atoms with van der Waals surface area (Å²) in [5.41, 5.74) is 0.897. The van der Waals surface area contributed by atoms with Gasteiger partial charge in [0.25, 0.3) is 5.91 Å². The summed E-state index contributed by atoms with van der Waals surface area (Å²) in [5.74, 6) is 0.311. The van der Waals surface area contributed by atoms with Crippen molar-refractivity contribution < 1.29 is 14.7 Å². The van der Waals surface area contributed by atoms with Crippen LogP contribution in [0.1, 0.15) is 42.5 Å². The molecule has 2 aliphatic rings. The maximum absolute atomic E-state index is 12.6. The van der Waals surface area contributed by atoms with Crippen molar-refractivity contribution in [1.29, 1.82) is 0 Å². The van der Waals surface area contributed by atoms with Crippen molar-refractivity contribution >= 4 is 11.8 Å². The normalized spacial score (nSPS) is 20.5. The van der Waals surface area contributed by atoms with E-state index in [1.807, 2.05) is 40.1 Å². The van der Waals surface area contributed by atoms with Crippen molar-refractivity contribution in [3.8, 4) is 0 Å². The highest BCUT2D eigenvalue weighted by molar-refractivity contribution is 5.94. The molecular formula is C19H26N2O3. The molecule has 130 valence electrons. The molecule has 3 rings (SSSR count). The highest BCUT2D eigenvalue weighted by atomic mass is 16.3. The number of benzene rings is 1. The molecule has 0 atom stereocenters. The summed E-state index contributed by atoms with van der Waals surface area (Å²) in [6.45, 7) is 3.06. The van der Waals surface area contributed by atoms with Crippen molar-refractivity contribution in [3.63, 3.8) is 0 Å². The molecular weight excluding hydrogens is 304 g/mol. The summed E-state index contributed by atoms with van der Waals surface area (Å²) >= 11 is 0. The molecule has 2 heterocycles. The van der Waals surface area contributed by atoms with Crippen LogP contribution in [-0.4, -0.2) is 59.5 Å². The zero-order valence-electron chi connectivity index (χ0n) is 14.1. The van der Waals surface area contributed by atoms with E-state index in [0.29, 0.717) is 19.4 Å². The Morgan fingerprint density at radius 3 is 2.50 bits per heavy atom. The van der Waals surface area contributed by atoms with Crippen LogP contribution in [0, 0.1) is 5.41 Å². The van der Waals surface area contributed by atoms with Crippen molar-refractivity contribution in [2.45, 2.75) is 32.1 Å². The van der Waals surface area contributed by atoms with Gasteiger partial charge >= 0.3 is 0 Å². The van der Waals surface area contributed by atoms with E-state index in [0.717, 1.165) is 44.5 Å². The van der Waals surface area contributed by atoms with Gasteiger partial charge in [-0.1, -0.05) is 18.2 Å². The van der Waals surface area contributed by atoms with Gasteiger partial charge in [-0.15, -0.1) is 0 Å². The average Bonchev–Trinajstić information content (AvgIpc) is 2.63. The van der Waals surface area contributed by atoms with E-state index in [1.165, 1.54) is 0 Å². The molecule has 0 saturated carbocycles. The largest absolute Gasteiger partial charge is 0.396 e. The Morgan fingerprint density at radius 1 is 1.12 bits per heavy atom. The highest BCUT2D eigenvalue weighted by Crippen LogP contribution is 2.40. The van der Waals surface area contributed by atoms with Crippen LogP contribution >= 0.6 is 0 Å². The lowest BCUT2D eigenvalue weighted by atomic mass is 9.72. The lowest BCUT2D eigenvalue weighted by Gasteiger charge is -2.47. The van der Waals surface area contributed by atoms with E-state index < -0.39 is 0 Å². The molecule has 2 fully saturated rings. The first-order valence-corrected chi connectivity index (χ1v) is 8.87. The van der Waals surface area contributed by atoms with Gasteiger partial charge in [-0.05, 0) is 43.2 Å². The standard InChI is InChI=1S/C19H26N2O3/c22-14-4-11-21-15-19(8-7-17(21)23)9-12-20(13-10-19)18(24)16-5-2-1-3-6-16/h1-3,5-6,22H,4,7-15H2. The molecule has 1 aromatic carbocycles. The molecule has 1 N–H and O–H groups in total. The van der Waals surface area contributed by atoms with Crippen molar-refractivity contribution in [2.24, 2.45) is 5.41 Å². The third-order valence-corrected chi connectivity index (χ3v) is 5.47. The van der Waals surface area contributed by atoms with Gasteiger partial charge in [-0.25, -0.2) is 0 Å². The SMILES string of the molecule is O=C1CCC2(CCN(C(=O)c3ccccc3)CC2)CN1CCCO. The molecule has 1 aromatic rings. The number of amides is 2. The molecule has 0 aromatic heterocycles. The number of rotatable bonds is 4. The third kappa shape index (κ3) is 3.61. The van der Waals surface area contributed by atoms with Gasteiger partial charge in [0, 0.05) is 44.8 Å². The number of hydrogen-bond donors (Lipinski definition) is 1. The van der Waals surface area contributed by atoms with Crippen LogP contribution in [0.15, 0.2) is 30.3 Å².